The van der Waals surface area contributed by atoms with Crippen LogP contribution in [-0.2, 0) is 0 Å². The molecule has 1 heterocycles. The van der Waals surface area contributed by atoms with E-state index in [4.69, 9.17) is 0 Å². The van der Waals surface area contributed by atoms with Crippen LogP contribution in [0.3, 0.4) is 0 Å². The highest BCUT2D eigenvalue weighted by atomic mass is 127. The van der Waals surface area contributed by atoms with Crippen molar-refractivity contribution < 1.29 is 4.79 Å². The molecule has 0 saturated heterocycles. The van der Waals surface area contributed by atoms with Crippen LogP contribution in [0.15, 0.2) is 77.6 Å². The van der Waals surface area contributed by atoms with Crippen LogP contribution in [0, 0.1) is 10.5 Å². The van der Waals surface area contributed by atoms with E-state index in [-0.39, 0.29) is 11.5 Å². The minimum Gasteiger partial charge on any atom is -0.322 e. The second kappa shape index (κ2) is 7.55. The van der Waals surface area contributed by atoms with Gasteiger partial charge in [-0.15, -0.1) is 0 Å². The van der Waals surface area contributed by atoms with Crippen molar-refractivity contribution in [3.8, 4) is 5.69 Å². The molecule has 0 radical (unpaired) electrons. The lowest BCUT2D eigenvalue weighted by Gasteiger charge is -2.11. The second-order valence-corrected chi connectivity index (χ2v) is 7.57. The number of nitrogens with one attached hydrogen (secondary N) is 1. The lowest BCUT2D eigenvalue weighted by Crippen LogP contribution is -2.22. The van der Waals surface area contributed by atoms with Crippen molar-refractivity contribution in [2.75, 3.05) is 5.32 Å². The molecule has 138 valence electrons. The van der Waals surface area contributed by atoms with Crippen molar-refractivity contribution in [1.29, 1.82) is 0 Å². The molecule has 4 rings (SSSR count). The topological polar surface area (TPSA) is 64.0 Å². The quantitative estimate of drug-likeness (QED) is 0.437. The first-order valence-electron chi connectivity index (χ1n) is 8.69. The number of carbonyl (C=O) groups excluding carboxylic acids is 1. The zero-order valence-electron chi connectivity index (χ0n) is 15.0. The van der Waals surface area contributed by atoms with Crippen LogP contribution in [0.5, 0.6) is 0 Å². The summed E-state index contributed by atoms with van der Waals surface area (Å²) in [7, 11) is 0. The molecule has 3 aromatic carbocycles. The van der Waals surface area contributed by atoms with E-state index in [1.807, 2.05) is 42.5 Å². The number of aromatic nitrogens is 2. The van der Waals surface area contributed by atoms with Gasteiger partial charge in [0.05, 0.1) is 16.6 Å². The number of anilines is 1. The molecule has 4 aromatic rings. The molecule has 0 spiro atoms. The van der Waals surface area contributed by atoms with Crippen LogP contribution in [-0.4, -0.2) is 15.5 Å². The van der Waals surface area contributed by atoms with E-state index in [1.165, 1.54) is 0 Å². The van der Waals surface area contributed by atoms with Gasteiger partial charge in [-0.05, 0) is 90.2 Å². The van der Waals surface area contributed by atoms with Crippen molar-refractivity contribution in [1.82, 2.24) is 9.55 Å². The summed E-state index contributed by atoms with van der Waals surface area (Å²) in [6.07, 6.45) is 0. The molecule has 0 aliphatic carbocycles. The summed E-state index contributed by atoms with van der Waals surface area (Å²) in [6, 6.07) is 21.8. The molecule has 0 aliphatic heterocycles. The summed E-state index contributed by atoms with van der Waals surface area (Å²) >= 11 is 2.22. The molecule has 0 aliphatic rings. The SMILES string of the molecule is Cc1nc2ccccc2c(=O)n1-c1ccc(C(=O)Nc2ccc(I)cc2)cc1. The predicted octanol–water partition coefficient (Wildman–Crippen LogP) is 4.55. The van der Waals surface area contributed by atoms with E-state index in [2.05, 4.69) is 32.9 Å². The Morgan fingerprint density at radius 1 is 0.964 bits per heavy atom. The summed E-state index contributed by atoms with van der Waals surface area (Å²) in [4.78, 5) is 29.9. The highest BCUT2D eigenvalue weighted by Gasteiger charge is 2.11. The molecule has 5 nitrogen and oxygen atoms in total. The van der Waals surface area contributed by atoms with Crippen molar-refractivity contribution >= 4 is 45.1 Å². The third-order valence-electron chi connectivity index (χ3n) is 4.43. The number of halogens is 1. The van der Waals surface area contributed by atoms with E-state index in [9.17, 15) is 9.59 Å². The number of rotatable bonds is 3. The third-order valence-corrected chi connectivity index (χ3v) is 5.15. The standard InChI is InChI=1S/C22H16IN3O2/c1-14-24-20-5-3-2-4-19(20)22(28)26(14)18-12-6-15(7-13-18)21(27)25-17-10-8-16(23)9-11-17/h2-13H,1H3,(H,25,27). The van der Waals surface area contributed by atoms with E-state index in [0.29, 0.717) is 28.0 Å². The fraction of sp³-hybridized carbons (Fsp3) is 0.0455. The van der Waals surface area contributed by atoms with Gasteiger partial charge in [-0.25, -0.2) is 4.98 Å². The number of nitrogens with zero attached hydrogens (tertiary/aromatic N) is 2. The number of aryl methyl sites for hydroxylation is 1. The summed E-state index contributed by atoms with van der Waals surface area (Å²) in [6.45, 7) is 1.80. The zero-order chi connectivity index (χ0) is 19.7. The van der Waals surface area contributed by atoms with Crippen molar-refractivity contribution in [3.63, 3.8) is 0 Å². The van der Waals surface area contributed by atoms with E-state index < -0.39 is 0 Å². The number of carbonyl (C=O) groups is 1. The first-order valence-corrected chi connectivity index (χ1v) is 9.76. The Hall–Kier alpha value is -3.00. The Kier molecular flexibility index (Phi) is 4.95. The molecule has 0 fully saturated rings. The van der Waals surface area contributed by atoms with Crippen molar-refractivity contribution in [2.24, 2.45) is 0 Å². The molecular weight excluding hydrogens is 465 g/mol. The van der Waals surface area contributed by atoms with Crippen LogP contribution in [0.1, 0.15) is 16.2 Å². The monoisotopic (exact) mass is 481 g/mol. The Morgan fingerprint density at radius 2 is 1.64 bits per heavy atom. The Morgan fingerprint density at radius 3 is 2.36 bits per heavy atom. The molecule has 1 amide bonds. The highest BCUT2D eigenvalue weighted by molar-refractivity contribution is 14.1. The number of amides is 1. The summed E-state index contributed by atoms with van der Waals surface area (Å²) in [5, 5.41) is 3.43. The Labute approximate surface area is 175 Å². The summed E-state index contributed by atoms with van der Waals surface area (Å²) in [5.41, 5.74) is 2.47. The molecule has 0 atom stereocenters. The van der Waals surface area contributed by atoms with Gasteiger partial charge in [-0.3, -0.25) is 14.2 Å². The van der Waals surface area contributed by atoms with Gasteiger partial charge in [0.1, 0.15) is 5.82 Å². The van der Waals surface area contributed by atoms with Gasteiger partial charge < -0.3 is 5.32 Å². The number of fused-ring (bicyclic) bond motifs is 1. The van der Waals surface area contributed by atoms with E-state index >= 15 is 0 Å². The molecule has 0 bridgehead atoms. The average Bonchev–Trinajstić information content (AvgIpc) is 2.70. The largest absolute Gasteiger partial charge is 0.322 e. The maximum absolute atomic E-state index is 12.9. The molecule has 0 unspecified atom stereocenters. The maximum atomic E-state index is 12.9. The molecule has 6 heteroatoms. The zero-order valence-corrected chi connectivity index (χ0v) is 17.2. The fourth-order valence-electron chi connectivity index (χ4n) is 3.05. The first-order chi connectivity index (χ1) is 13.5. The summed E-state index contributed by atoms with van der Waals surface area (Å²) in [5.74, 6) is 0.397. The van der Waals surface area contributed by atoms with Crippen molar-refractivity contribution in [3.05, 3.63) is 98.1 Å². The number of hydrogen-bond acceptors (Lipinski definition) is 3. The second-order valence-electron chi connectivity index (χ2n) is 6.32. The Balaban J connectivity index is 1.65. The highest BCUT2D eigenvalue weighted by Crippen LogP contribution is 2.16. The van der Waals surface area contributed by atoms with Crippen molar-refractivity contribution in [2.45, 2.75) is 6.92 Å². The normalized spacial score (nSPS) is 10.8. The predicted molar refractivity (Wildman–Crippen MR) is 119 cm³/mol. The van der Waals surface area contributed by atoms with Crippen LogP contribution in [0.4, 0.5) is 5.69 Å². The molecule has 0 saturated carbocycles. The van der Waals surface area contributed by atoms with Gasteiger partial charge >= 0.3 is 0 Å². The molecule has 28 heavy (non-hydrogen) atoms. The van der Waals surface area contributed by atoms with E-state index in [0.717, 1.165) is 9.26 Å². The van der Waals surface area contributed by atoms with Gasteiger partial charge in [0.2, 0.25) is 0 Å². The lowest BCUT2D eigenvalue weighted by atomic mass is 10.1. The first kappa shape index (κ1) is 18.4. The van der Waals surface area contributed by atoms with Crippen LogP contribution in [0.2, 0.25) is 0 Å². The van der Waals surface area contributed by atoms with Crippen LogP contribution >= 0.6 is 22.6 Å². The lowest BCUT2D eigenvalue weighted by molar-refractivity contribution is 0.102. The van der Waals surface area contributed by atoms with Crippen LogP contribution < -0.4 is 10.9 Å². The minimum atomic E-state index is -0.200. The van der Waals surface area contributed by atoms with Gasteiger partial charge in [-0.1, -0.05) is 12.1 Å². The van der Waals surface area contributed by atoms with Gasteiger partial charge in [0.15, 0.2) is 0 Å². The third kappa shape index (κ3) is 3.55. The molecule has 1 aromatic heterocycles. The van der Waals surface area contributed by atoms with Gasteiger partial charge in [-0.2, -0.15) is 0 Å². The Bertz CT molecular complexity index is 1230. The smallest absolute Gasteiger partial charge is 0.265 e. The van der Waals surface area contributed by atoms with Crippen LogP contribution in [0.25, 0.3) is 16.6 Å². The van der Waals surface area contributed by atoms with Gasteiger partial charge in [0.25, 0.3) is 11.5 Å². The van der Waals surface area contributed by atoms with E-state index in [1.54, 1.807) is 41.8 Å². The fourth-order valence-corrected chi connectivity index (χ4v) is 3.41. The minimum absolute atomic E-state index is 0.126. The molecular formula is C22H16IN3O2. The number of para-hydroxylation sites is 1. The number of hydrogen-bond donors (Lipinski definition) is 1. The average molecular weight is 481 g/mol. The molecule has 1 N–H and O–H groups in total. The van der Waals surface area contributed by atoms with Gasteiger partial charge in [0, 0.05) is 14.8 Å². The maximum Gasteiger partial charge on any atom is 0.265 e. The number of benzene rings is 3. The summed E-state index contributed by atoms with van der Waals surface area (Å²) < 4.78 is 2.66.